The van der Waals surface area contributed by atoms with Gasteiger partial charge in [0.1, 0.15) is 23.8 Å². The minimum absolute atomic E-state index is 0.00852. The number of benzene rings is 1. The zero-order valence-corrected chi connectivity index (χ0v) is 20.5. The number of fused-ring (bicyclic) bond motifs is 1. The Kier molecular flexibility index (Phi) is 7.07. The highest BCUT2D eigenvalue weighted by molar-refractivity contribution is 5.81. The van der Waals surface area contributed by atoms with Gasteiger partial charge in [0, 0.05) is 24.2 Å². The molecular formula is C25H25F5N8O. The SMILES string of the molecule is Nc1ncnc2c1ncn2Cc1cc(-c2ccc(C(F)F)cc2F)ncc1N1CCC[C@](N)([C@H](O)C(F)F)C1. The molecule has 4 heterocycles. The van der Waals surface area contributed by atoms with Crippen LogP contribution in [0.2, 0.25) is 0 Å². The number of anilines is 2. The maximum Gasteiger partial charge on any atom is 0.265 e. The van der Waals surface area contributed by atoms with Gasteiger partial charge in [0.25, 0.3) is 12.9 Å². The number of halogens is 5. The summed E-state index contributed by atoms with van der Waals surface area (Å²) in [5.41, 5.74) is 12.2. The molecular weight excluding hydrogens is 523 g/mol. The number of nitrogens with zero attached hydrogens (tertiary/aromatic N) is 6. The molecule has 0 unspecified atom stereocenters. The van der Waals surface area contributed by atoms with Crippen LogP contribution in [-0.4, -0.2) is 60.8 Å². The van der Waals surface area contributed by atoms with Crippen molar-refractivity contribution in [2.75, 3.05) is 23.7 Å². The van der Waals surface area contributed by atoms with Crippen LogP contribution in [0.1, 0.15) is 30.4 Å². The smallest absolute Gasteiger partial charge is 0.265 e. The quantitative estimate of drug-likeness (QED) is 0.299. The number of nitrogen functional groups attached to an aromatic ring is 1. The first-order chi connectivity index (χ1) is 18.6. The molecule has 4 aromatic rings. The molecule has 5 N–H and O–H groups in total. The number of aromatic nitrogens is 5. The second kappa shape index (κ2) is 10.3. The third-order valence-electron chi connectivity index (χ3n) is 6.98. The number of alkyl halides is 4. The molecule has 0 aliphatic carbocycles. The van der Waals surface area contributed by atoms with Crippen molar-refractivity contribution in [3.05, 3.63) is 60.1 Å². The van der Waals surface area contributed by atoms with Gasteiger partial charge in [-0.15, -0.1) is 0 Å². The van der Waals surface area contributed by atoms with Gasteiger partial charge in [-0.3, -0.25) is 4.98 Å². The number of pyridine rings is 1. The second-order valence-corrected chi connectivity index (χ2v) is 9.58. The summed E-state index contributed by atoms with van der Waals surface area (Å²) in [6, 6.07) is 4.70. The summed E-state index contributed by atoms with van der Waals surface area (Å²) in [5.74, 6) is -0.688. The molecule has 39 heavy (non-hydrogen) atoms. The third-order valence-corrected chi connectivity index (χ3v) is 6.98. The van der Waals surface area contributed by atoms with Crippen molar-refractivity contribution in [2.45, 2.75) is 43.9 Å². The highest BCUT2D eigenvalue weighted by atomic mass is 19.3. The van der Waals surface area contributed by atoms with Gasteiger partial charge in [0.05, 0.1) is 36.0 Å². The summed E-state index contributed by atoms with van der Waals surface area (Å²) in [4.78, 5) is 18.5. The Morgan fingerprint density at radius 3 is 2.59 bits per heavy atom. The first-order valence-corrected chi connectivity index (χ1v) is 12.1. The van der Waals surface area contributed by atoms with Crippen molar-refractivity contribution in [1.82, 2.24) is 24.5 Å². The summed E-state index contributed by atoms with van der Waals surface area (Å²) < 4.78 is 69.4. The molecule has 1 aliphatic heterocycles. The first kappa shape index (κ1) is 26.7. The van der Waals surface area contributed by atoms with E-state index >= 15 is 0 Å². The highest BCUT2D eigenvalue weighted by Crippen LogP contribution is 2.34. The maximum atomic E-state index is 14.8. The summed E-state index contributed by atoms with van der Waals surface area (Å²) >= 11 is 0. The van der Waals surface area contributed by atoms with E-state index in [1.165, 1.54) is 24.9 Å². The molecule has 0 spiro atoms. The fraction of sp³-hybridized carbons (Fsp3) is 0.360. The Morgan fingerprint density at radius 2 is 1.87 bits per heavy atom. The van der Waals surface area contributed by atoms with Gasteiger partial charge in [-0.1, -0.05) is 6.07 Å². The Morgan fingerprint density at radius 1 is 1.08 bits per heavy atom. The molecule has 1 aromatic carbocycles. The second-order valence-electron chi connectivity index (χ2n) is 9.58. The predicted octanol–water partition coefficient (Wildman–Crippen LogP) is 3.52. The molecule has 0 amide bonds. The molecule has 0 saturated carbocycles. The van der Waals surface area contributed by atoms with Gasteiger partial charge in [0.2, 0.25) is 0 Å². The third kappa shape index (κ3) is 5.08. The monoisotopic (exact) mass is 548 g/mol. The molecule has 1 saturated heterocycles. The molecule has 0 bridgehead atoms. The van der Waals surface area contributed by atoms with Crippen molar-refractivity contribution < 1.29 is 27.1 Å². The number of imidazole rings is 1. The predicted molar refractivity (Wildman–Crippen MR) is 134 cm³/mol. The van der Waals surface area contributed by atoms with Crippen LogP contribution in [0.25, 0.3) is 22.4 Å². The van der Waals surface area contributed by atoms with Crippen LogP contribution in [0.5, 0.6) is 0 Å². The van der Waals surface area contributed by atoms with Crippen molar-refractivity contribution in [2.24, 2.45) is 5.73 Å². The molecule has 206 valence electrons. The van der Waals surface area contributed by atoms with E-state index in [4.69, 9.17) is 11.5 Å². The van der Waals surface area contributed by atoms with Crippen molar-refractivity contribution in [3.8, 4) is 11.3 Å². The summed E-state index contributed by atoms with van der Waals surface area (Å²) in [7, 11) is 0. The maximum absolute atomic E-state index is 14.8. The van der Waals surface area contributed by atoms with Crippen LogP contribution < -0.4 is 16.4 Å². The van der Waals surface area contributed by atoms with Crippen molar-refractivity contribution in [1.29, 1.82) is 0 Å². The van der Waals surface area contributed by atoms with E-state index in [2.05, 4.69) is 19.9 Å². The lowest BCUT2D eigenvalue weighted by Crippen LogP contribution is -2.63. The van der Waals surface area contributed by atoms with Crippen LogP contribution >= 0.6 is 0 Å². The lowest BCUT2D eigenvalue weighted by atomic mass is 9.84. The average molecular weight is 549 g/mol. The Balaban J connectivity index is 1.58. The van der Waals surface area contributed by atoms with Crippen molar-refractivity contribution >= 4 is 22.7 Å². The molecule has 3 aromatic heterocycles. The van der Waals surface area contributed by atoms with E-state index < -0.39 is 35.9 Å². The highest BCUT2D eigenvalue weighted by Gasteiger charge is 2.43. The normalized spacial score (nSPS) is 18.8. The number of piperidine rings is 1. The lowest BCUT2D eigenvalue weighted by molar-refractivity contribution is -0.0529. The van der Waals surface area contributed by atoms with E-state index in [-0.39, 0.29) is 36.6 Å². The summed E-state index contributed by atoms with van der Waals surface area (Å²) in [6.07, 6.45) is -3.01. The van der Waals surface area contributed by atoms with Gasteiger partial charge < -0.3 is 26.0 Å². The number of hydrogen-bond donors (Lipinski definition) is 3. The molecule has 2 atom stereocenters. The fourth-order valence-electron chi connectivity index (χ4n) is 4.93. The Hall–Kier alpha value is -3.91. The molecule has 9 nitrogen and oxygen atoms in total. The largest absolute Gasteiger partial charge is 0.385 e. The topological polar surface area (TPSA) is 132 Å². The Labute approximate surface area is 219 Å². The van der Waals surface area contributed by atoms with E-state index in [1.807, 2.05) is 0 Å². The standard InChI is InChI=1S/C25H25F5N8O/c26-16-6-13(21(27)28)2-3-15(16)17-7-14(9-38-12-36-19-23(31)34-11-35-24(19)38)18(8-33-17)37-5-1-4-25(32,10-37)20(39)22(29)30/h2-3,6-8,11-12,20-22,39H,1,4-5,9-10,32H2,(H2,31,34,35)/t20-,25-/m1/s1. The minimum atomic E-state index is -3.02. The molecule has 14 heteroatoms. The van der Waals surface area contributed by atoms with Gasteiger partial charge >= 0.3 is 0 Å². The molecule has 1 fully saturated rings. The first-order valence-electron chi connectivity index (χ1n) is 12.1. The number of rotatable bonds is 7. The number of aliphatic hydroxyl groups excluding tert-OH is 1. The fourth-order valence-corrected chi connectivity index (χ4v) is 4.93. The van der Waals surface area contributed by atoms with E-state index in [9.17, 15) is 27.1 Å². The molecule has 1 aliphatic rings. The molecule has 5 rings (SSSR count). The van der Waals surface area contributed by atoms with Gasteiger partial charge in [-0.25, -0.2) is 36.9 Å². The zero-order chi connectivity index (χ0) is 27.9. The van der Waals surface area contributed by atoms with E-state index in [0.717, 1.165) is 12.1 Å². The van der Waals surface area contributed by atoms with Crippen molar-refractivity contribution in [3.63, 3.8) is 0 Å². The van der Waals surface area contributed by atoms with Gasteiger partial charge in [0.15, 0.2) is 11.5 Å². The molecule has 0 radical (unpaired) electrons. The lowest BCUT2D eigenvalue weighted by Gasteiger charge is -2.44. The van der Waals surface area contributed by atoms with Crippen LogP contribution in [0, 0.1) is 5.82 Å². The van der Waals surface area contributed by atoms with E-state index in [1.54, 1.807) is 15.5 Å². The van der Waals surface area contributed by atoms with Crippen LogP contribution in [0.15, 0.2) is 43.1 Å². The summed E-state index contributed by atoms with van der Waals surface area (Å²) in [6.45, 7) is 0.504. The number of aliphatic hydroxyl groups is 1. The summed E-state index contributed by atoms with van der Waals surface area (Å²) in [5, 5.41) is 10.1. The average Bonchev–Trinajstić information content (AvgIpc) is 3.32. The number of hydrogen-bond acceptors (Lipinski definition) is 8. The van der Waals surface area contributed by atoms with Gasteiger partial charge in [-0.2, -0.15) is 0 Å². The van der Waals surface area contributed by atoms with Gasteiger partial charge in [-0.05, 0) is 36.6 Å². The van der Waals surface area contributed by atoms with Crippen LogP contribution in [-0.2, 0) is 6.54 Å². The Bertz CT molecular complexity index is 1500. The van der Waals surface area contributed by atoms with E-state index in [0.29, 0.717) is 35.4 Å². The van der Waals surface area contributed by atoms with Crippen LogP contribution in [0.3, 0.4) is 0 Å². The number of nitrogens with two attached hydrogens (primary N) is 2. The van der Waals surface area contributed by atoms with Crippen LogP contribution in [0.4, 0.5) is 33.5 Å². The minimum Gasteiger partial charge on any atom is -0.385 e. The zero-order valence-electron chi connectivity index (χ0n) is 20.5.